The lowest BCUT2D eigenvalue weighted by Gasteiger charge is -2.28. The van der Waals surface area contributed by atoms with Crippen LogP contribution in [0.4, 0.5) is 5.69 Å². The lowest BCUT2D eigenvalue weighted by molar-refractivity contribution is -0.386. The molecule has 0 atom stereocenters. The predicted molar refractivity (Wildman–Crippen MR) is 102 cm³/mol. The zero-order valence-corrected chi connectivity index (χ0v) is 16.4. The summed E-state index contributed by atoms with van der Waals surface area (Å²) in [4.78, 5) is 23.0. The van der Waals surface area contributed by atoms with Gasteiger partial charge in [0.1, 0.15) is 31.1 Å². The first-order valence-corrected chi connectivity index (χ1v) is 9.04. The highest BCUT2D eigenvalue weighted by molar-refractivity contribution is 5.76. The second kappa shape index (κ2) is 7.49. The summed E-state index contributed by atoms with van der Waals surface area (Å²) >= 11 is 0. The minimum absolute atomic E-state index is 0.0515. The van der Waals surface area contributed by atoms with E-state index in [-0.39, 0.29) is 23.6 Å². The molecule has 1 aromatic heterocycles. The van der Waals surface area contributed by atoms with Crippen LogP contribution in [0, 0.1) is 24.0 Å². The van der Waals surface area contributed by atoms with Gasteiger partial charge in [-0.2, -0.15) is 5.10 Å². The molecule has 0 radical (unpaired) electrons. The third kappa shape index (κ3) is 3.92. The molecule has 0 fully saturated rings. The average molecular weight is 388 g/mol. The fraction of sp³-hybridized carbons (Fsp3) is 0.474. The number of hydrogen-bond acceptors (Lipinski definition) is 6. The maximum atomic E-state index is 12.4. The van der Waals surface area contributed by atoms with Gasteiger partial charge in [-0.05, 0) is 31.5 Å². The third-order valence-electron chi connectivity index (χ3n) is 4.87. The number of carbonyl (C=O) groups is 1. The third-order valence-corrected chi connectivity index (χ3v) is 4.87. The van der Waals surface area contributed by atoms with Crippen molar-refractivity contribution in [2.75, 3.05) is 19.8 Å². The van der Waals surface area contributed by atoms with Crippen LogP contribution < -0.4 is 14.8 Å². The van der Waals surface area contributed by atoms with Crippen LogP contribution in [0.3, 0.4) is 0 Å². The molecule has 1 aliphatic heterocycles. The topological polar surface area (TPSA) is 109 Å². The lowest BCUT2D eigenvalue weighted by Crippen LogP contribution is -2.38. The zero-order valence-electron chi connectivity index (χ0n) is 16.4. The standard InChI is InChI=1S/C19H24N4O5/c1-12-18(23(25)26)13(2)22(21-12)10-17(24)20-11-19(3,4)14-5-6-15-16(9-14)28-8-7-27-15/h5-6,9H,7-8,10-11H2,1-4H3,(H,20,24). The number of benzene rings is 1. The van der Waals surface area contributed by atoms with Crippen molar-refractivity contribution in [1.82, 2.24) is 15.1 Å². The molecular weight excluding hydrogens is 364 g/mol. The summed E-state index contributed by atoms with van der Waals surface area (Å²) in [6.07, 6.45) is 0. The Kier molecular flexibility index (Phi) is 5.26. The molecule has 3 rings (SSSR count). The first-order valence-electron chi connectivity index (χ1n) is 9.04. The van der Waals surface area contributed by atoms with E-state index in [0.29, 0.717) is 36.9 Å². The number of hydrogen-bond donors (Lipinski definition) is 1. The Balaban J connectivity index is 1.65. The monoisotopic (exact) mass is 388 g/mol. The fourth-order valence-corrected chi connectivity index (χ4v) is 3.18. The normalized spacial score (nSPS) is 13.3. The summed E-state index contributed by atoms with van der Waals surface area (Å²) in [5.74, 6) is 1.17. The highest BCUT2D eigenvalue weighted by Crippen LogP contribution is 2.34. The molecule has 2 aromatic rings. The van der Waals surface area contributed by atoms with Crippen LogP contribution in [0.2, 0.25) is 0 Å². The zero-order chi connectivity index (χ0) is 20.5. The number of rotatable bonds is 6. The SMILES string of the molecule is Cc1nn(CC(=O)NCC(C)(C)c2ccc3c(c2)OCCO3)c(C)c1[N+](=O)[O-]. The highest BCUT2D eigenvalue weighted by atomic mass is 16.6. The summed E-state index contributed by atoms with van der Waals surface area (Å²) in [6.45, 7) is 8.57. The molecule has 0 bridgehead atoms. The first kappa shape index (κ1) is 19.7. The van der Waals surface area contributed by atoms with Gasteiger partial charge in [-0.25, -0.2) is 0 Å². The van der Waals surface area contributed by atoms with E-state index < -0.39 is 4.92 Å². The minimum Gasteiger partial charge on any atom is -0.486 e. The molecule has 1 aromatic carbocycles. The fourth-order valence-electron chi connectivity index (χ4n) is 3.18. The first-order chi connectivity index (χ1) is 13.2. The molecule has 0 aliphatic carbocycles. The Morgan fingerprint density at radius 1 is 1.29 bits per heavy atom. The molecule has 9 heteroatoms. The molecule has 1 N–H and O–H groups in total. The van der Waals surface area contributed by atoms with Crippen LogP contribution in [0.5, 0.6) is 11.5 Å². The summed E-state index contributed by atoms with van der Waals surface area (Å²) in [5, 5.41) is 18.1. The Bertz CT molecular complexity index is 919. The molecule has 1 amide bonds. The van der Waals surface area contributed by atoms with E-state index in [9.17, 15) is 14.9 Å². The quantitative estimate of drug-likeness (QED) is 0.601. The number of nitro groups is 1. The predicted octanol–water partition coefficient (Wildman–Crippen LogP) is 2.27. The molecular formula is C19H24N4O5. The van der Waals surface area contributed by atoms with Crippen molar-refractivity contribution in [1.29, 1.82) is 0 Å². The number of nitrogens with one attached hydrogen (secondary N) is 1. The lowest BCUT2D eigenvalue weighted by atomic mass is 9.84. The number of amides is 1. The average Bonchev–Trinajstić information content (AvgIpc) is 2.93. The van der Waals surface area contributed by atoms with E-state index in [0.717, 1.165) is 11.3 Å². The summed E-state index contributed by atoms with van der Waals surface area (Å²) in [6, 6.07) is 5.78. The van der Waals surface area contributed by atoms with Gasteiger partial charge >= 0.3 is 5.69 Å². The van der Waals surface area contributed by atoms with Gasteiger partial charge in [0.2, 0.25) is 5.91 Å². The maximum absolute atomic E-state index is 12.4. The highest BCUT2D eigenvalue weighted by Gasteiger charge is 2.26. The van der Waals surface area contributed by atoms with Gasteiger partial charge in [0.05, 0.1) is 4.92 Å². The van der Waals surface area contributed by atoms with Crippen molar-refractivity contribution >= 4 is 11.6 Å². The number of aromatic nitrogens is 2. The van der Waals surface area contributed by atoms with Crippen molar-refractivity contribution in [3.8, 4) is 11.5 Å². The van der Waals surface area contributed by atoms with Crippen LogP contribution in [-0.2, 0) is 16.8 Å². The Labute approximate surface area is 162 Å². The summed E-state index contributed by atoms with van der Waals surface area (Å²) in [5.41, 5.74) is 1.28. The number of ether oxygens (including phenoxy) is 2. The molecule has 0 unspecified atom stereocenters. The summed E-state index contributed by atoms with van der Waals surface area (Å²) < 4.78 is 12.5. The largest absolute Gasteiger partial charge is 0.486 e. The minimum atomic E-state index is -0.475. The second-order valence-electron chi connectivity index (χ2n) is 7.45. The van der Waals surface area contributed by atoms with Crippen LogP contribution in [-0.4, -0.2) is 40.4 Å². The van der Waals surface area contributed by atoms with Crippen molar-refractivity contribution in [3.63, 3.8) is 0 Å². The second-order valence-corrected chi connectivity index (χ2v) is 7.45. The van der Waals surface area contributed by atoms with Gasteiger partial charge in [0.25, 0.3) is 0 Å². The van der Waals surface area contributed by atoms with Gasteiger partial charge < -0.3 is 14.8 Å². The van der Waals surface area contributed by atoms with Gasteiger partial charge in [-0.3, -0.25) is 19.6 Å². The van der Waals surface area contributed by atoms with Crippen LogP contribution in [0.15, 0.2) is 18.2 Å². The van der Waals surface area contributed by atoms with Crippen LogP contribution in [0.1, 0.15) is 30.8 Å². The van der Waals surface area contributed by atoms with E-state index in [1.165, 1.54) is 4.68 Å². The molecule has 0 spiro atoms. The molecule has 0 saturated heterocycles. The van der Waals surface area contributed by atoms with Crippen LogP contribution >= 0.6 is 0 Å². The smallest absolute Gasteiger partial charge is 0.312 e. The van der Waals surface area contributed by atoms with Crippen LogP contribution in [0.25, 0.3) is 0 Å². The molecule has 150 valence electrons. The van der Waals surface area contributed by atoms with E-state index in [1.807, 2.05) is 32.0 Å². The Morgan fingerprint density at radius 2 is 1.96 bits per heavy atom. The molecule has 0 saturated carbocycles. The van der Waals surface area contributed by atoms with Gasteiger partial charge in [0, 0.05) is 12.0 Å². The van der Waals surface area contributed by atoms with Crippen molar-refractivity contribution in [2.24, 2.45) is 0 Å². The maximum Gasteiger partial charge on any atom is 0.312 e. The molecule has 28 heavy (non-hydrogen) atoms. The van der Waals surface area contributed by atoms with E-state index in [4.69, 9.17) is 9.47 Å². The van der Waals surface area contributed by atoms with Crippen molar-refractivity contribution in [2.45, 2.75) is 39.7 Å². The van der Waals surface area contributed by atoms with Gasteiger partial charge in [-0.15, -0.1) is 0 Å². The van der Waals surface area contributed by atoms with Gasteiger partial charge in [0.15, 0.2) is 11.5 Å². The number of aryl methyl sites for hydroxylation is 1. The summed E-state index contributed by atoms with van der Waals surface area (Å²) in [7, 11) is 0. The van der Waals surface area contributed by atoms with E-state index in [2.05, 4.69) is 10.4 Å². The van der Waals surface area contributed by atoms with Crippen molar-refractivity contribution < 1.29 is 19.2 Å². The Morgan fingerprint density at radius 3 is 2.61 bits per heavy atom. The number of fused-ring (bicyclic) bond motifs is 1. The number of carbonyl (C=O) groups excluding carboxylic acids is 1. The van der Waals surface area contributed by atoms with E-state index in [1.54, 1.807) is 13.8 Å². The Hall–Kier alpha value is -3.10. The van der Waals surface area contributed by atoms with E-state index >= 15 is 0 Å². The molecule has 9 nitrogen and oxygen atoms in total. The van der Waals surface area contributed by atoms with Gasteiger partial charge in [-0.1, -0.05) is 19.9 Å². The number of nitrogens with zero attached hydrogens (tertiary/aromatic N) is 3. The van der Waals surface area contributed by atoms with Crippen molar-refractivity contribution in [3.05, 3.63) is 45.3 Å². The molecule has 1 aliphatic rings. The molecule has 2 heterocycles.